The van der Waals surface area contributed by atoms with Crippen LogP contribution in [0, 0.1) is 17.1 Å². The average Bonchev–Trinajstić information content (AvgIpc) is 2.71. The zero-order valence-electron chi connectivity index (χ0n) is 19.2. The zero-order valence-corrected chi connectivity index (χ0v) is 19.2. The number of anilines is 1. The normalized spacial score (nSPS) is 14.5. The molecule has 1 aromatic carbocycles. The molecule has 1 atom stereocenters. The van der Waals surface area contributed by atoms with Gasteiger partial charge in [0.15, 0.2) is 0 Å². The van der Waals surface area contributed by atoms with Crippen LogP contribution < -0.4 is 15.4 Å². The van der Waals surface area contributed by atoms with Gasteiger partial charge in [-0.15, -0.1) is 0 Å². The van der Waals surface area contributed by atoms with Crippen molar-refractivity contribution in [1.82, 2.24) is 10.2 Å². The fraction of sp³-hybridized carbons (Fsp3) is 0.609. The van der Waals surface area contributed by atoms with Gasteiger partial charge in [-0.2, -0.15) is 0 Å². The van der Waals surface area contributed by atoms with Gasteiger partial charge in [0.1, 0.15) is 17.4 Å². The molecule has 172 valence electrons. The van der Waals surface area contributed by atoms with Crippen molar-refractivity contribution in [3.63, 3.8) is 0 Å². The second kappa shape index (κ2) is 11.1. The fourth-order valence-electron chi connectivity index (χ4n) is 3.44. The van der Waals surface area contributed by atoms with E-state index in [1.54, 1.807) is 6.92 Å². The van der Waals surface area contributed by atoms with Crippen molar-refractivity contribution in [1.29, 1.82) is 5.41 Å². The van der Waals surface area contributed by atoms with Gasteiger partial charge in [-0.3, -0.25) is 15.1 Å². The van der Waals surface area contributed by atoms with Gasteiger partial charge in [0.05, 0.1) is 17.4 Å². The predicted octanol–water partition coefficient (Wildman–Crippen LogP) is 5.16. The van der Waals surface area contributed by atoms with Crippen molar-refractivity contribution >= 4 is 23.5 Å². The Balaban J connectivity index is 2.33. The van der Waals surface area contributed by atoms with Crippen LogP contribution in [-0.2, 0) is 0 Å². The van der Waals surface area contributed by atoms with Crippen LogP contribution in [0.3, 0.4) is 0 Å². The smallest absolute Gasteiger partial charge is 0.327 e. The molecule has 0 spiro atoms. The number of rotatable bonds is 9. The van der Waals surface area contributed by atoms with Gasteiger partial charge < -0.3 is 15.4 Å². The summed E-state index contributed by atoms with van der Waals surface area (Å²) in [5.74, 6) is -0.384. The first-order valence-electron chi connectivity index (χ1n) is 11.1. The Morgan fingerprint density at radius 1 is 1.26 bits per heavy atom. The van der Waals surface area contributed by atoms with E-state index in [1.807, 2.05) is 20.8 Å². The van der Waals surface area contributed by atoms with E-state index in [9.17, 15) is 14.0 Å². The van der Waals surface area contributed by atoms with E-state index >= 15 is 0 Å². The molecule has 0 radical (unpaired) electrons. The van der Waals surface area contributed by atoms with Crippen LogP contribution in [0.25, 0.3) is 0 Å². The fourth-order valence-corrected chi connectivity index (χ4v) is 3.44. The topological polar surface area (TPSA) is 94.5 Å². The summed E-state index contributed by atoms with van der Waals surface area (Å²) in [5, 5.41) is 13.2. The highest BCUT2D eigenvalue weighted by molar-refractivity contribution is 6.03. The van der Waals surface area contributed by atoms with Crippen LogP contribution in [0.1, 0.15) is 76.6 Å². The van der Waals surface area contributed by atoms with Crippen molar-refractivity contribution in [2.75, 3.05) is 12.4 Å². The molecule has 1 aliphatic rings. The summed E-state index contributed by atoms with van der Waals surface area (Å²) in [6.07, 6.45) is 5.05. The first-order chi connectivity index (χ1) is 14.7. The van der Waals surface area contributed by atoms with Gasteiger partial charge in [0.2, 0.25) is 0 Å². The number of urea groups is 1. The number of benzene rings is 1. The number of nitrogens with one attached hydrogen (secondary N) is 3. The summed E-state index contributed by atoms with van der Waals surface area (Å²) in [6, 6.07) is 1.84. The maximum atomic E-state index is 14.8. The van der Waals surface area contributed by atoms with Gasteiger partial charge in [0.25, 0.3) is 5.91 Å². The first-order valence-corrected chi connectivity index (χ1v) is 11.1. The second-order valence-corrected chi connectivity index (χ2v) is 8.12. The Hall–Kier alpha value is -2.64. The lowest BCUT2D eigenvalue weighted by Gasteiger charge is -2.32. The lowest BCUT2D eigenvalue weighted by atomic mass is 9.82. The summed E-state index contributed by atoms with van der Waals surface area (Å²) in [5.41, 5.74) is 0.0267. The molecule has 1 saturated carbocycles. The number of nitrogens with zero attached hydrogens (tertiary/aromatic N) is 1. The minimum atomic E-state index is -0.733. The van der Waals surface area contributed by atoms with E-state index in [0.717, 1.165) is 43.1 Å². The number of hydrogen-bond donors (Lipinski definition) is 3. The molecule has 2 rings (SSSR count). The van der Waals surface area contributed by atoms with E-state index in [1.165, 1.54) is 13.1 Å². The minimum Gasteiger partial charge on any atom is -0.490 e. The van der Waals surface area contributed by atoms with Crippen LogP contribution in [0.2, 0.25) is 0 Å². The highest BCUT2D eigenvalue weighted by Crippen LogP contribution is 2.34. The molecular weight excluding hydrogens is 399 g/mol. The monoisotopic (exact) mass is 434 g/mol. The molecule has 1 aromatic rings. The minimum absolute atomic E-state index is 0.0134. The number of halogens is 1. The molecule has 31 heavy (non-hydrogen) atoms. The maximum Gasteiger partial charge on any atom is 0.327 e. The van der Waals surface area contributed by atoms with Gasteiger partial charge >= 0.3 is 6.03 Å². The summed E-state index contributed by atoms with van der Waals surface area (Å²) < 4.78 is 20.9. The van der Waals surface area contributed by atoms with Crippen molar-refractivity contribution in [2.24, 2.45) is 5.92 Å². The molecule has 0 bridgehead atoms. The SMILES string of the molecule is CCC(=N)N(C)C(=O)Nc1cc(OC(C)C2CCC2)c(C(=O)NC(CC)CC)cc1F. The Kier molecular flexibility index (Phi) is 8.83. The zero-order chi connectivity index (χ0) is 23.1. The molecule has 0 saturated heterocycles. The third kappa shape index (κ3) is 6.18. The van der Waals surface area contributed by atoms with E-state index in [4.69, 9.17) is 10.1 Å². The molecule has 0 aliphatic heterocycles. The van der Waals surface area contributed by atoms with Gasteiger partial charge in [-0.25, -0.2) is 9.18 Å². The first kappa shape index (κ1) is 24.6. The standard InChI is InChI=1S/C23H35FN4O3/c1-6-16(7-2)26-22(29)17-12-18(24)19(27-23(30)28(5)21(25)8-3)13-20(17)31-14(4)15-10-9-11-15/h12-16,25H,6-11H2,1-5H3,(H,26,29)(H,27,30). The highest BCUT2D eigenvalue weighted by Gasteiger charge is 2.28. The number of ether oxygens (including phenoxy) is 1. The molecule has 3 amide bonds. The maximum absolute atomic E-state index is 14.8. The Bertz CT molecular complexity index is 806. The van der Waals surface area contributed by atoms with E-state index < -0.39 is 17.8 Å². The molecule has 1 fully saturated rings. The van der Waals surface area contributed by atoms with Gasteiger partial charge in [0, 0.05) is 25.6 Å². The average molecular weight is 435 g/mol. The third-order valence-electron chi connectivity index (χ3n) is 6.05. The van der Waals surface area contributed by atoms with E-state index in [0.29, 0.717) is 12.3 Å². The van der Waals surface area contributed by atoms with Crippen LogP contribution in [0.4, 0.5) is 14.9 Å². The quantitative estimate of drug-likeness (QED) is 0.370. The summed E-state index contributed by atoms with van der Waals surface area (Å²) in [7, 11) is 1.45. The number of amides is 3. The Morgan fingerprint density at radius 2 is 1.90 bits per heavy atom. The molecule has 0 heterocycles. The Labute approximate surface area is 184 Å². The molecule has 7 nitrogen and oxygen atoms in total. The summed E-state index contributed by atoms with van der Waals surface area (Å²) >= 11 is 0. The van der Waals surface area contributed by atoms with Crippen molar-refractivity contribution < 1.29 is 18.7 Å². The molecule has 1 unspecified atom stereocenters. The van der Waals surface area contributed by atoms with Crippen molar-refractivity contribution in [3.8, 4) is 5.75 Å². The molecule has 1 aliphatic carbocycles. The predicted molar refractivity (Wildman–Crippen MR) is 120 cm³/mol. The third-order valence-corrected chi connectivity index (χ3v) is 6.05. The number of amidine groups is 1. The summed E-state index contributed by atoms with van der Waals surface area (Å²) in [6.45, 7) is 7.67. The Morgan fingerprint density at radius 3 is 2.42 bits per heavy atom. The van der Waals surface area contributed by atoms with Crippen molar-refractivity contribution in [2.45, 2.75) is 78.4 Å². The number of carbonyl (C=O) groups is 2. The summed E-state index contributed by atoms with van der Waals surface area (Å²) in [4.78, 5) is 26.4. The molecule has 8 heteroatoms. The molecule has 3 N–H and O–H groups in total. The number of hydrogen-bond acceptors (Lipinski definition) is 4. The van der Waals surface area contributed by atoms with Crippen LogP contribution in [0.15, 0.2) is 12.1 Å². The van der Waals surface area contributed by atoms with Crippen LogP contribution >= 0.6 is 0 Å². The number of carbonyl (C=O) groups excluding carboxylic acids is 2. The lowest BCUT2D eigenvalue weighted by molar-refractivity contribution is 0.0880. The van der Waals surface area contributed by atoms with E-state index in [2.05, 4.69) is 10.6 Å². The highest BCUT2D eigenvalue weighted by atomic mass is 19.1. The molecular formula is C23H35FN4O3. The van der Waals surface area contributed by atoms with Crippen LogP contribution in [0.5, 0.6) is 5.75 Å². The lowest BCUT2D eigenvalue weighted by Crippen LogP contribution is -2.36. The van der Waals surface area contributed by atoms with Gasteiger partial charge in [-0.05, 0) is 44.6 Å². The largest absolute Gasteiger partial charge is 0.490 e. The van der Waals surface area contributed by atoms with Crippen molar-refractivity contribution in [3.05, 3.63) is 23.5 Å². The van der Waals surface area contributed by atoms with E-state index in [-0.39, 0.29) is 35.0 Å². The van der Waals surface area contributed by atoms with Gasteiger partial charge in [-0.1, -0.05) is 27.2 Å². The second-order valence-electron chi connectivity index (χ2n) is 8.12. The van der Waals surface area contributed by atoms with Crippen LogP contribution in [-0.4, -0.2) is 41.9 Å². The molecule has 0 aromatic heterocycles.